The van der Waals surface area contributed by atoms with Crippen LogP contribution in [0.3, 0.4) is 0 Å². The highest BCUT2D eigenvalue weighted by Crippen LogP contribution is 2.32. The number of amides is 2. The minimum atomic E-state index is -0.241. The van der Waals surface area contributed by atoms with Crippen LogP contribution in [0.15, 0.2) is 36.4 Å². The van der Waals surface area contributed by atoms with Gasteiger partial charge >= 0.3 is 6.03 Å². The predicted molar refractivity (Wildman–Crippen MR) is 110 cm³/mol. The molecule has 0 bridgehead atoms. The van der Waals surface area contributed by atoms with Gasteiger partial charge in [-0.1, -0.05) is 45.9 Å². The molecule has 0 atom stereocenters. The number of nitrogens with one attached hydrogen (secondary N) is 2. The Bertz CT molecular complexity index is 759. The van der Waals surface area contributed by atoms with Crippen molar-refractivity contribution in [1.82, 2.24) is 5.32 Å². The summed E-state index contributed by atoms with van der Waals surface area (Å²) in [6, 6.07) is 11.5. The number of anilines is 1. The van der Waals surface area contributed by atoms with E-state index in [-0.39, 0.29) is 6.03 Å². The summed E-state index contributed by atoms with van der Waals surface area (Å²) in [6.45, 7) is 8.85. The van der Waals surface area contributed by atoms with E-state index in [9.17, 15) is 4.79 Å². The van der Waals surface area contributed by atoms with Crippen molar-refractivity contribution in [3.05, 3.63) is 53.1 Å². The van der Waals surface area contributed by atoms with Gasteiger partial charge in [-0.05, 0) is 41.2 Å². The summed E-state index contributed by atoms with van der Waals surface area (Å²) in [7, 11) is 3.22. The van der Waals surface area contributed by atoms with Crippen molar-refractivity contribution in [2.24, 2.45) is 0 Å². The molecule has 2 amide bonds. The third-order valence-corrected chi connectivity index (χ3v) is 4.54. The largest absolute Gasteiger partial charge is 0.497 e. The van der Waals surface area contributed by atoms with Crippen molar-refractivity contribution in [3.63, 3.8) is 0 Å². The van der Waals surface area contributed by atoms with Crippen molar-refractivity contribution >= 4 is 11.7 Å². The number of carbonyl (C=O) groups is 1. The molecule has 5 nitrogen and oxygen atoms in total. The molecule has 0 spiro atoms. The van der Waals surface area contributed by atoms with Gasteiger partial charge in [0.15, 0.2) is 0 Å². The van der Waals surface area contributed by atoms with E-state index in [2.05, 4.69) is 56.5 Å². The van der Waals surface area contributed by atoms with E-state index in [4.69, 9.17) is 9.47 Å². The van der Waals surface area contributed by atoms with Crippen molar-refractivity contribution in [2.45, 2.75) is 46.1 Å². The first-order valence-corrected chi connectivity index (χ1v) is 9.25. The lowest BCUT2D eigenvalue weighted by Gasteiger charge is -2.20. The van der Waals surface area contributed by atoms with Crippen LogP contribution in [-0.2, 0) is 6.54 Å². The first kappa shape index (κ1) is 20.6. The van der Waals surface area contributed by atoms with Crippen LogP contribution in [0.25, 0.3) is 0 Å². The maximum absolute atomic E-state index is 12.6. The van der Waals surface area contributed by atoms with Crippen LogP contribution in [-0.4, -0.2) is 20.3 Å². The maximum atomic E-state index is 12.6. The van der Waals surface area contributed by atoms with Crippen LogP contribution in [0.2, 0.25) is 0 Å². The highest BCUT2D eigenvalue weighted by atomic mass is 16.5. The number of rotatable bonds is 7. The quantitative estimate of drug-likeness (QED) is 0.698. The second-order valence-corrected chi connectivity index (χ2v) is 7.11. The van der Waals surface area contributed by atoms with Gasteiger partial charge in [-0.25, -0.2) is 4.79 Å². The van der Waals surface area contributed by atoms with Crippen LogP contribution >= 0.6 is 0 Å². The number of carbonyl (C=O) groups excluding carboxylic acids is 1. The standard InChI is InChI=1S/C22H30N2O3/c1-14(2)18-8-7-9-19(15(3)4)21(18)24-22(25)23-13-16-12-17(26-5)10-11-20(16)27-6/h7-12,14-15H,13H2,1-6H3,(H2,23,24,25). The van der Waals surface area contributed by atoms with Crippen molar-refractivity contribution in [3.8, 4) is 11.5 Å². The summed E-state index contributed by atoms with van der Waals surface area (Å²) < 4.78 is 10.6. The molecular weight excluding hydrogens is 340 g/mol. The van der Waals surface area contributed by atoms with E-state index in [1.807, 2.05) is 18.2 Å². The third kappa shape index (κ3) is 5.16. The van der Waals surface area contributed by atoms with Gasteiger partial charge in [0.2, 0.25) is 0 Å². The van der Waals surface area contributed by atoms with Gasteiger partial charge in [-0.15, -0.1) is 0 Å². The summed E-state index contributed by atoms with van der Waals surface area (Å²) in [5.41, 5.74) is 4.02. The van der Waals surface area contributed by atoms with Crippen molar-refractivity contribution in [1.29, 1.82) is 0 Å². The molecule has 2 rings (SSSR count). The molecule has 2 N–H and O–H groups in total. The minimum Gasteiger partial charge on any atom is -0.497 e. The Hall–Kier alpha value is -2.69. The Morgan fingerprint density at radius 1 is 0.963 bits per heavy atom. The average Bonchev–Trinajstić information content (AvgIpc) is 2.65. The van der Waals surface area contributed by atoms with Gasteiger partial charge in [-0.3, -0.25) is 0 Å². The fourth-order valence-corrected chi connectivity index (χ4v) is 3.05. The molecule has 0 unspecified atom stereocenters. The molecule has 0 heterocycles. The Kier molecular flexibility index (Phi) is 7.11. The van der Waals surface area contributed by atoms with E-state index in [0.29, 0.717) is 24.1 Å². The number of methoxy groups -OCH3 is 2. The normalized spacial score (nSPS) is 10.8. The Morgan fingerprint density at radius 2 is 1.59 bits per heavy atom. The van der Waals surface area contributed by atoms with Crippen LogP contribution in [0.4, 0.5) is 10.5 Å². The Labute approximate surface area is 162 Å². The number of hydrogen-bond acceptors (Lipinski definition) is 3. The summed E-state index contributed by atoms with van der Waals surface area (Å²) in [5, 5.41) is 5.98. The van der Waals surface area contributed by atoms with Crippen LogP contribution in [0, 0.1) is 0 Å². The molecule has 0 saturated heterocycles. The minimum absolute atomic E-state index is 0.241. The lowest BCUT2D eigenvalue weighted by molar-refractivity contribution is 0.251. The maximum Gasteiger partial charge on any atom is 0.319 e. The zero-order valence-electron chi connectivity index (χ0n) is 17.1. The number of benzene rings is 2. The fraction of sp³-hybridized carbons (Fsp3) is 0.409. The molecule has 0 radical (unpaired) electrons. The number of hydrogen-bond donors (Lipinski definition) is 2. The molecule has 2 aromatic carbocycles. The van der Waals surface area contributed by atoms with Crippen LogP contribution in [0.1, 0.15) is 56.2 Å². The second kappa shape index (κ2) is 9.31. The van der Waals surface area contributed by atoms with Gasteiger partial charge in [-0.2, -0.15) is 0 Å². The average molecular weight is 370 g/mol. The fourth-order valence-electron chi connectivity index (χ4n) is 3.05. The highest BCUT2D eigenvalue weighted by Gasteiger charge is 2.16. The van der Waals surface area contributed by atoms with E-state index >= 15 is 0 Å². The molecule has 27 heavy (non-hydrogen) atoms. The summed E-state index contributed by atoms with van der Waals surface area (Å²) in [6.07, 6.45) is 0. The Morgan fingerprint density at radius 3 is 2.11 bits per heavy atom. The van der Waals surface area contributed by atoms with Gasteiger partial charge < -0.3 is 20.1 Å². The van der Waals surface area contributed by atoms with Crippen molar-refractivity contribution in [2.75, 3.05) is 19.5 Å². The molecule has 0 saturated carbocycles. The molecule has 0 aliphatic heterocycles. The van der Waals surface area contributed by atoms with E-state index in [1.165, 1.54) is 0 Å². The number of para-hydroxylation sites is 1. The monoisotopic (exact) mass is 370 g/mol. The first-order chi connectivity index (χ1) is 12.9. The van der Waals surface area contributed by atoms with Crippen LogP contribution < -0.4 is 20.1 Å². The van der Waals surface area contributed by atoms with E-state index in [1.54, 1.807) is 14.2 Å². The number of urea groups is 1. The third-order valence-electron chi connectivity index (χ3n) is 4.54. The zero-order valence-corrected chi connectivity index (χ0v) is 17.1. The highest BCUT2D eigenvalue weighted by molar-refractivity contribution is 5.91. The molecule has 0 aliphatic rings. The molecular formula is C22H30N2O3. The number of ether oxygens (including phenoxy) is 2. The summed E-state index contributed by atoms with van der Waals surface area (Å²) >= 11 is 0. The summed E-state index contributed by atoms with van der Waals surface area (Å²) in [5.74, 6) is 2.07. The van der Waals surface area contributed by atoms with Gasteiger partial charge in [0.05, 0.1) is 14.2 Å². The van der Waals surface area contributed by atoms with E-state index in [0.717, 1.165) is 28.1 Å². The van der Waals surface area contributed by atoms with Crippen molar-refractivity contribution < 1.29 is 14.3 Å². The first-order valence-electron chi connectivity index (χ1n) is 9.25. The van der Waals surface area contributed by atoms with Gasteiger partial charge in [0, 0.05) is 17.8 Å². The van der Waals surface area contributed by atoms with Gasteiger partial charge in [0.25, 0.3) is 0 Å². The molecule has 0 fully saturated rings. The Balaban J connectivity index is 2.17. The molecule has 5 heteroatoms. The molecule has 0 aliphatic carbocycles. The van der Waals surface area contributed by atoms with Gasteiger partial charge in [0.1, 0.15) is 11.5 Å². The molecule has 2 aromatic rings. The second-order valence-electron chi connectivity index (χ2n) is 7.11. The topological polar surface area (TPSA) is 59.6 Å². The smallest absolute Gasteiger partial charge is 0.319 e. The zero-order chi connectivity index (χ0) is 20.0. The van der Waals surface area contributed by atoms with Crippen LogP contribution in [0.5, 0.6) is 11.5 Å². The molecule has 146 valence electrons. The van der Waals surface area contributed by atoms with E-state index < -0.39 is 0 Å². The molecule has 0 aromatic heterocycles. The predicted octanol–water partition coefficient (Wildman–Crippen LogP) is 5.27. The summed E-state index contributed by atoms with van der Waals surface area (Å²) in [4.78, 5) is 12.6. The SMILES string of the molecule is COc1ccc(OC)c(CNC(=O)Nc2c(C(C)C)cccc2C(C)C)c1. The lowest BCUT2D eigenvalue weighted by atomic mass is 9.93. The lowest BCUT2D eigenvalue weighted by Crippen LogP contribution is -2.29.